The number of amides is 2. The zero-order chi connectivity index (χ0) is 15.9. The third kappa shape index (κ3) is 4.89. The van der Waals surface area contributed by atoms with E-state index in [1.54, 1.807) is 18.2 Å². The Kier molecular flexibility index (Phi) is 5.55. The summed E-state index contributed by atoms with van der Waals surface area (Å²) in [6.45, 7) is 1.58. The van der Waals surface area contributed by atoms with Crippen molar-refractivity contribution < 1.29 is 9.59 Å². The lowest BCUT2D eigenvalue weighted by Gasteiger charge is -2.10. The van der Waals surface area contributed by atoms with E-state index in [1.165, 1.54) is 6.92 Å². The Morgan fingerprint density at radius 1 is 1.00 bits per heavy atom. The van der Waals surface area contributed by atoms with Crippen LogP contribution in [0.15, 0.2) is 53.0 Å². The zero-order valence-corrected chi connectivity index (χ0v) is 13.6. The summed E-state index contributed by atoms with van der Waals surface area (Å²) in [5.74, 6) is -0.291. The Balaban J connectivity index is 1.91. The Morgan fingerprint density at radius 3 is 2.45 bits per heavy atom. The molecule has 0 heterocycles. The lowest BCUT2D eigenvalue weighted by atomic mass is 10.2. The summed E-state index contributed by atoms with van der Waals surface area (Å²) in [6, 6.07) is 14.6. The van der Waals surface area contributed by atoms with Crippen LogP contribution in [0.1, 0.15) is 6.92 Å². The van der Waals surface area contributed by atoms with Crippen molar-refractivity contribution in [3.05, 3.63) is 53.0 Å². The van der Waals surface area contributed by atoms with Crippen LogP contribution < -0.4 is 16.0 Å². The summed E-state index contributed by atoms with van der Waals surface area (Å²) < 4.78 is 0.830. The molecule has 0 bridgehead atoms. The number of carbonyl (C=O) groups excluding carboxylic acids is 2. The van der Waals surface area contributed by atoms with E-state index >= 15 is 0 Å². The van der Waals surface area contributed by atoms with Crippen LogP contribution in [-0.4, -0.2) is 18.4 Å². The summed E-state index contributed by atoms with van der Waals surface area (Å²) in [5, 5.41) is 8.52. The fourth-order valence-corrected chi connectivity index (χ4v) is 2.23. The largest absolute Gasteiger partial charge is 0.376 e. The molecular weight excluding hydrogens is 346 g/mol. The molecule has 2 aromatic rings. The highest BCUT2D eigenvalue weighted by molar-refractivity contribution is 9.10. The van der Waals surface area contributed by atoms with Gasteiger partial charge in [-0.2, -0.15) is 0 Å². The van der Waals surface area contributed by atoms with E-state index in [1.807, 2.05) is 30.3 Å². The Bertz CT molecular complexity index is 689. The van der Waals surface area contributed by atoms with Crippen molar-refractivity contribution in [2.75, 3.05) is 22.5 Å². The maximum absolute atomic E-state index is 11.9. The van der Waals surface area contributed by atoms with Gasteiger partial charge in [0.05, 0.1) is 12.2 Å². The first-order valence-electron chi connectivity index (χ1n) is 6.70. The van der Waals surface area contributed by atoms with Gasteiger partial charge in [-0.1, -0.05) is 18.2 Å². The first kappa shape index (κ1) is 16.0. The number of carbonyl (C=O) groups is 2. The van der Waals surface area contributed by atoms with E-state index in [2.05, 4.69) is 31.9 Å². The van der Waals surface area contributed by atoms with Crippen LogP contribution in [0, 0.1) is 0 Å². The molecule has 114 valence electrons. The molecule has 0 saturated heterocycles. The quantitative estimate of drug-likeness (QED) is 0.763. The lowest BCUT2D eigenvalue weighted by Crippen LogP contribution is -2.22. The van der Waals surface area contributed by atoms with Crippen molar-refractivity contribution in [1.82, 2.24) is 0 Å². The second kappa shape index (κ2) is 7.61. The van der Waals surface area contributed by atoms with E-state index in [0.717, 1.165) is 15.8 Å². The van der Waals surface area contributed by atoms with Crippen LogP contribution in [0.25, 0.3) is 0 Å². The van der Waals surface area contributed by atoms with E-state index in [4.69, 9.17) is 0 Å². The first-order chi connectivity index (χ1) is 10.5. The van der Waals surface area contributed by atoms with Gasteiger partial charge in [0.15, 0.2) is 0 Å². The van der Waals surface area contributed by atoms with E-state index in [9.17, 15) is 9.59 Å². The summed E-state index contributed by atoms with van der Waals surface area (Å²) in [4.78, 5) is 23.0. The number of halogens is 1. The van der Waals surface area contributed by atoms with Gasteiger partial charge in [-0.05, 0) is 46.3 Å². The second-order valence-corrected chi connectivity index (χ2v) is 5.50. The standard InChI is InChI=1S/C16H16BrN3O2/c1-11(21)19-13-6-4-5-12(9-13)18-10-16(22)20-15-8-3-2-7-14(15)17/h2-9,18H,10H2,1H3,(H,19,21)(H,20,22). The van der Waals surface area contributed by atoms with Gasteiger partial charge < -0.3 is 16.0 Å². The molecule has 0 aromatic heterocycles. The number of anilines is 3. The first-order valence-corrected chi connectivity index (χ1v) is 7.50. The van der Waals surface area contributed by atoms with Crippen LogP contribution >= 0.6 is 15.9 Å². The molecule has 2 rings (SSSR count). The number of hydrogen-bond acceptors (Lipinski definition) is 3. The van der Waals surface area contributed by atoms with Crippen molar-refractivity contribution in [1.29, 1.82) is 0 Å². The molecule has 2 amide bonds. The van der Waals surface area contributed by atoms with E-state index < -0.39 is 0 Å². The fourth-order valence-electron chi connectivity index (χ4n) is 1.85. The molecular formula is C16H16BrN3O2. The van der Waals surface area contributed by atoms with Gasteiger partial charge in [0.25, 0.3) is 0 Å². The summed E-state index contributed by atoms with van der Waals surface area (Å²) in [7, 11) is 0. The highest BCUT2D eigenvalue weighted by Gasteiger charge is 2.05. The van der Waals surface area contributed by atoms with Crippen LogP contribution in [0.3, 0.4) is 0 Å². The molecule has 0 aliphatic carbocycles. The minimum atomic E-state index is -0.156. The number of benzene rings is 2. The highest BCUT2D eigenvalue weighted by atomic mass is 79.9. The number of para-hydroxylation sites is 1. The van der Waals surface area contributed by atoms with Gasteiger partial charge in [-0.3, -0.25) is 9.59 Å². The molecule has 6 heteroatoms. The Morgan fingerprint density at radius 2 is 1.73 bits per heavy atom. The summed E-state index contributed by atoms with van der Waals surface area (Å²) in [5.41, 5.74) is 2.17. The SMILES string of the molecule is CC(=O)Nc1cccc(NCC(=O)Nc2ccccc2Br)c1. The highest BCUT2D eigenvalue weighted by Crippen LogP contribution is 2.21. The summed E-state index contributed by atoms with van der Waals surface area (Å²) in [6.07, 6.45) is 0. The maximum Gasteiger partial charge on any atom is 0.243 e. The molecule has 0 saturated carbocycles. The maximum atomic E-state index is 11.9. The average Bonchev–Trinajstić information content (AvgIpc) is 2.47. The van der Waals surface area contributed by atoms with Gasteiger partial charge in [-0.25, -0.2) is 0 Å². The monoisotopic (exact) mass is 361 g/mol. The molecule has 0 aliphatic heterocycles. The lowest BCUT2D eigenvalue weighted by molar-refractivity contribution is -0.115. The van der Waals surface area contributed by atoms with Gasteiger partial charge in [0.2, 0.25) is 11.8 Å². The van der Waals surface area contributed by atoms with Crippen molar-refractivity contribution in [3.8, 4) is 0 Å². The van der Waals surface area contributed by atoms with Gasteiger partial charge >= 0.3 is 0 Å². The van der Waals surface area contributed by atoms with Crippen LogP contribution in [0.5, 0.6) is 0 Å². The smallest absolute Gasteiger partial charge is 0.243 e. The molecule has 5 nitrogen and oxygen atoms in total. The second-order valence-electron chi connectivity index (χ2n) is 4.64. The molecule has 0 spiro atoms. The van der Waals surface area contributed by atoms with Gasteiger partial charge in [-0.15, -0.1) is 0 Å². The predicted molar refractivity (Wildman–Crippen MR) is 92.0 cm³/mol. The van der Waals surface area contributed by atoms with Gasteiger partial charge in [0.1, 0.15) is 0 Å². The average molecular weight is 362 g/mol. The molecule has 0 radical (unpaired) electrons. The van der Waals surface area contributed by atoms with Crippen molar-refractivity contribution in [2.45, 2.75) is 6.92 Å². The molecule has 0 aliphatic rings. The topological polar surface area (TPSA) is 70.2 Å². The third-order valence-corrected chi connectivity index (χ3v) is 3.48. The molecule has 3 N–H and O–H groups in total. The number of hydrogen-bond donors (Lipinski definition) is 3. The molecule has 2 aromatic carbocycles. The van der Waals surface area contributed by atoms with Crippen LogP contribution in [0.4, 0.5) is 17.1 Å². The van der Waals surface area contributed by atoms with Crippen molar-refractivity contribution in [2.24, 2.45) is 0 Å². The molecule has 22 heavy (non-hydrogen) atoms. The molecule has 0 atom stereocenters. The van der Waals surface area contributed by atoms with Crippen LogP contribution in [-0.2, 0) is 9.59 Å². The molecule has 0 unspecified atom stereocenters. The number of nitrogens with one attached hydrogen (secondary N) is 3. The van der Waals surface area contributed by atoms with Crippen molar-refractivity contribution in [3.63, 3.8) is 0 Å². The van der Waals surface area contributed by atoms with Gasteiger partial charge in [0, 0.05) is 22.8 Å². The van der Waals surface area contributed by atoms with Crippen LogP contribution in [0.2, 0.25) is 0 Å². The minimum Gasteiger partial charge on any atom is -0.376 e. The van der Waals surface area contributed by atoms with Crippen molar-refractivity contribution >= 4 is 44.8 Å². The minimum absolute atomic E-state index is 0.130. The van der Waals surface area contributed by atoms with E-state index in [-0.39, 0.29) is 18.4 Å². The van der Waals surface area contributed by atoms with E-state index in [0.29, 0.717) is 5.69 Å². The fraction of sp³-hybridized carbons (Fsp3) is 0.125. The predicted octanol–water partition coefficient (Wildman–Crippen LogP) is 3.46. The normalized spacial score (nSPS) is 9.91. The summed E-state index contributed by atoms with van der Waals surface area (Å²) >= 11 is 3.38. The molecule has 0 fully saturated rings. The Hall–Kier alpha value is -2.34. The number of rotatable bonds is 5. The third-order valence-electron chi connectivity index (χ3n) is 2.78. The Labute approximate surface area is 137 Å². The zero-order valence-electron chi connectivity index (χ0n) is 12.0.